The van der Waals surface area contributed by atoms with Crippen molar-refractivity contribution < 1.29 is 19.4 Å². The summed E-state index contributed by atoms with van der Waals surface area (Å²) >= 11 is 6.52. The van der Waals surface area contributed by atoms with Gasteiger partial charge in [-0.25, -0.2) is 4.79 Å². The van der Waals surface area contributed by atoms with Crippen molar-refractivity contribution in [3.05, 3.63) is 93.5 Å². The van der Waals surface area contributed by atoms with E-state index in [4.69, 9.17) is 26.2 Å². The zero-order valence-electron chi connectivity index (χ0n) is 17.7. The molecule has 0 atom stereocenters. The second-order valence-electron chi connectivity index (χ2n) is 7.22. The molecular formula is C25H26ClNO4. The SMILES string of the molecule is CCOc1cc(CNCc2ccc(C(=O)O)cc2)cc(Cl)c1OCc1ccc(C)cc1. The predicted molar refractivity (Wildman–Crippen MR) is 122 cm³/mol. The van der Waals surface area contributed by atoms with Crippen molar-refractivity contribution >= 4 is 17.6 Å². The number of aromatic carboxylic acids is 1. The van der Waals surface area contributed by atoms with Crippen LogP contribution < -0.4 is 14.8 Å². The number of nitrogens with one attached hydrogen (secondary N) is 1. The highest BCUT2D eigenvalue weighted by molar-refractivity contribution is 6.32. The van der Waals surface area contributed by atoms with Gasteiger partial charge in [-0.2, -0.15) is 0 Å². The summed E-state index contributed by atoms with van der Waals surface area (Å²) in [6, 6.07) is 18.8. The molecule has 162 valence electrons. The van der Waals surface area contributed by atoms with E-state index in [0.29, 0.717) is 42.8 Å². The van der Waals surface area contributed by atoms with Gasteiger partial charge in [0.05, 0.1) is 17.2 Å². The van der Waals surface area contributed by atoms with Gasteiger partial charge in [0.15, 0.2) is 11.5 Å². The molecule has 2 N–H and O–H groups in total. The molecule has 3 aromatic carbocycles. The highest BCUT2D eigenvalue weighted by Gasteiger charge is 2.13. The Bertz CT molecular complexity index is 1020. The molecule has 0 bridgehead atoms. The van der Waals surface area contributed by atoms with Crippen LogP contribution in [0.15, 0.2) is 60.7 Å². The maximum Gasteiger partial charge on any atom is 0.335 e. The van der Waals surface area contributed by atoms with Crippen molar-refractivity contribution in [2.45, 2.75) is 33.5 Å². The summed E-state index contributed by atoms with van der Waals surface area (Å²) in [5, 5.41) is 12.8. The number of rotatable bonds is 10. The molecule has 0 amide bonds. The smallest absolute Gasteiger partial charge is 0.335 e. The van der Waals surface area contributed by atoms with Crippen molar-refractivity contribution in [2.24, 2.45) is 0 Å². The Kier molecular flexibility index (Phi) is 7.93. The Labute approximate surface area is 187 Å². The monoisotopic (exact) mass is 439 g/mol. The molecule has 0 unspecified atom stereocenters. The minimum atomic E-state index is -0.928. The minimum Gasteiger partial charge on any atom is -0.490 e. The van der Waals surface area contributed by atoms with Crippen LogP contribution in [0, 0.1) is 6.92 Å². The van der Waals surface area contributed by atoms with Gasteiger partial charge in [0, 0.05) is 13.1 Å². The molecule has 5 nitrogen and oxygen atoms in total. The van der Waals surface area contributed by atoms with Gasteiger partial charge in [-0.3, -0.25) is 0 Å². The molecule has 6 heteroatoms. The molecule has 0 aliphatic carbocycles. The third-order valence-electron chi connectivity index (χ3n) is 4.73. The van der Waals surface area contributed by atoms with Crippen LogP contribution in [-0.4, -0.2) is 17.7 Å². The second-order valence-corrected chi connectivity index (χ2v) is 7.63. The van der Waals surface area contributed by atoms with Crippen LogP contribution in [0.2, 0.25) is 5.02 Å². The number of ether oxygens (including phenoxy) is 2. The lowest BCUT2D eigenvalue weighted by atomic mass is 10.1. The summed E-state index contributed by atoms with van der Waals surface area (Å²) in [6.07, 6.45) is 0. The molecule has 0 heterocycles. The Morgan fingerprint density at radius 3 is 2.23 bits per heavy atom. The maximum atomic E-state index is 10.9. The standard InChI is InChI=1S/C25H26ClNO4/c1-3-30-23-13-20(15-27-14-18-8-10-21(11-9-18)25(28)29)12-22(26)24(23)31-16-19-6-4-17(2)5-7-19/h4-13,27H,3,14-16H2,1-2H3,(H,28,29). The van der Waals surface area contributed by atoms with E-state index in [0.717, 1.165) is 16.7 Å². The zero-order valence-corrected chi connectivity index (χ0v) is 18.4. The summed E-state index contributed by atoms with van der Waals surface area (Å²) in [6.45, 7) is 6.07. The summed E-state index contributed by atoms with van der Waals surface area (Å²) in [4.78, 5) is 10.9. The number of hydrogen-bond acceptors (Lipinski definition) is 4. The van der Waals surface area contributed by atoms with E-state index < -0.39 is 5.97 Å². The number of hydrogen-bond donors (Lipinski definition) is 2. The van der Waals surface area contributed by atoms with Gasteiger partial charge in [-0.1, -0.05) is 53.6 Å². The summed E-state index contributed by atoms with van der Waals surface area (Å²) in [5.41, 5.74) is 4.51. The van der Waals surface area contributed by atoms with Crippen molar-refractivity contribution in [1.82, 2.24) is 5.32 Å². The fourth-order valence-electron chi connectivity index (χ4n) is 3.08. The number of carboxylic acids is 1. The van der Waals surface area contributed by atoms with Crippen LogP contribution in [0.1, 0.15) is 39.5 Å². The molecule has 3 rings (SSSR count). The lowest BCUT2D eigenvalue weighted by Crippen LogP contribution is -2.13. The molecule has 0 aliphatic heterocycles. The van der Waals surface area contributed by atoms with Gasteiger partial charge < -0.3 is 19.9 Å². The van der Waals surface area contributed by atoms with E-state index in [1.165, 1.54) is 5.56 Å². The highest BCUT2D eigenvalue weighted by atomic mass is 35.5. The summed E-state index contributed by atoms with van der Waals surface area (Å²) < 4.78 is 11.8. The van der Waals surface area contributed by atoms with E-state index in [9.17, 15) is 4.79 Å². The molecule has 0 fully saturated rings. The first-order valence-corrected chi connectivity index (χ1v) is 10.5. The first-order valence-electron chi connectivity index (χ1n) is 10.1. The third kappa shape index (κ3) is 6.48. The molecule has 0 saturated carbocycles. The fraction of sp³-hybridized carbons (Fsp3) is 0.240. The van der Waals surface area contributed by atoms with E-state index in [2.05, 4.69) is 5.32 Å². The number of benzene rings is 3. The maximum absolute atomic E-state index is 10.9. The molecular weight excluding hydrogens is 414 g/mol. The van der Waals surface area contributed by atoms with E-state index >= 15 is 0 Å². The molecule has 0 spiro atoms. The normalized spacial score (nSPS) is 10.7. The van der Waals surface area contributed by atoms with Crippen LogP contribution in [0.25, 0.3) is 0 Å². The van der Waals surface area contributed by atoms with Crippen LogP contribution in [0.4, 0.5) is 0 Å². The first-order chi connectivity index (χ1) is 15.0. The van der Waals surface area contributed by atoms with E-state index in [-0.39, 0.29) is 5.56 Å². The number of carboxylic acid groups (broad SMARTS) is 1. The van der Waals surface area contributed by atoms with Crippen LogP contribution in [0.5, 0.6) is 11.5 Å². The van der Waals surface area contributed by atoms with Gasteiger partial charge in [-0.15, -0.1) is 0 Å². The van der Waals surface area contributed by atoms with Crippen molar-refractivity contribution in [3.8, 4) is 11.5 Å². The Hall–Kier alpha value is -3.02. The minimum absolute atomic E-state index is 0.276. The number of halogens is 1. The second kappa shape index (κ2) is 10.8. The van der Waals surface area contributed by atoms with Crippen LogP contribution in [0.3, 0.4) is 0 Å². The number of carbonyl (C=O) groups is 1. The van der Waals surface area contributed by atoms with E-state index in [1.54, 1.807) is 24.3 Å². The average molecular weight is 440 g/mol. The Morgan fingerprint density at radius 2 is 1.58 bits per heavy atom. The van der Waals surface area contributed by atoms with Crippen LogP contribution in [-0.2, 0) is 19.7 Å². The third-order valence-corrected chi connectivity index (χ3v) is 5.01. The molecule has 3 aromatic rings. The topological polar surface area (TPSA) is 67.8 Å². The van der Waals surface area contributed by atoms with Gasteiger partial charge in [0.25, 0.3) is 0 Å². The average Bonchev–Trinajstić information content (AvgIpc) is 2.75. The zero-order chi connectivity index (χ0) is 22.2. The molecule has 0 radical (unpaired) electrons. The molecule has 0 aromatic heterocycles. The Balaban J connectivity index is 1.64. The van der Waals surface area contributed by atoms with Crippen LogP contribution >= 0.6 is 11.6 Å². The van der Waals surface area contributed by atoms with Gasteiger partial charge in [-0.05, 0) is 54.8 Å². The summed E-state index contributed by atoms with van der Waals surface area (Å²) in [5.74, 6) is 0.226. The lowest BCUT2D eigenvalue weighted by molar-refractivity contribution is 0.0697. The quantitative estimate of drug-likeness (QED) is 0.429. The highest BCUT2D eigenvalue weighted by Crippen LogP contribution is 2.37. The largest absolute Gasteiger partial charge is 0.490 e. The van der Waals surface area contributed by atoms with E-state index in [1.807, 2.05) is 50.2 Å². The fourth-order valence-corrected chi connectivity index (χ4v) is 3.37. The van der Waals surface area contributed by atoms with Crippen molar-refractivity contribution in [1.29, 1.82) is 0 Å². The lowest BCUT2D eigenvalue weighted by Gasteiger charge is -2.16. The van der Waals surface area contributed by atoms with Crippen molar-refractivity contribution in [3.63, 3.8) is 0 Å². The summed E-state index contributed by atoms with van der Waals surface area (Å²) in [7, 11) is 0. The molecule has 0 aliphatic rings. The molecule has 0 saturated heterocycles. The predicted octanol–water partition coefficient (Wildman–Crippen LogP) is 5.61. The van der Waals surface area contributed by atoms with Gasteiger partial charge >= 0.3 is 5.97 Å². The Morgan fingerprint density at radius 1 is 0.935 bits per heavy atom. The van der Waals surface area contributed by atoms with Gasteiger partial charge in [0.1, 0.15) is 6.61 Å². The first kappa shape index (κ1) is 22.7. The van der Waals surface area contributed by atoms with Gasteiger partial charge in [0.2, 0.25) is 0 Å². The van der Waals surface area contributed by atoms with Crippen molar-refractivity contribution in [2.75, 3.05) is 6.61 Å². The molecule has 31 heavy (non-hydrogen) atoms. The number of aryl methyl sites for hydroxylation is 1.